The molecule has 0 heterocycles. The molecule has 0 bridgehead atoms. The monoisotopic (exact) mass is 331 g/mol. The second-order valence-corrected chi connectivity index (χ2v) is 6.80. The van der Waals surface area contributed by atoms with E-state index in [1.54, 1.807) is 0 Å². The van der Waals surface area contributed by atoms with Gasteiger partial charge in [0.05, 0.1) is 5.54 Å². The van der Waals surface area contributed by atoms with Crippen LogP contribution in [-0.4, -0.2) is 11.8 Å². The Morgan fingerprint density at radius 1 is 0.792 bits per heavy atom. The molecule has 0 saturated carbocycles. The summed E-state index contributed by atoms with van der Waals surface area (Å²) < 4.78 is 0. The van der Waals surface area contributed by atoms with E-state index in [9.17, 15) is 0 Å². The molecule has 0 spiro atoms. The fraction of sp³-hybridized carbons (Fsp3) is 0.182. The first-order valence-corrected chi connectivity index (χ1v) is 9.04. The summed E-state index contributed by atoms with van der Waals surface area (Å²) in [5, 5.41) is 3.89. The van der Waals surface area contributed by atoms with Crippen LogP contribution in [-0.2, 0) is 5.54 Å². The Morgan fingerprint density at radius 3 is 1.83 bits per heavy atom. The molecule has 0 fully saturated rings. The zero-order valence-corrected chi connectivity index (χ0v) is 14.6. The summed E-state index contributed by atoms with van der Waals surface area (Å²) in [7, 11) is 0. The molecule has 1 unspecified atom stereocenters. The summed E-state index contributed by atoms with van der Waals surface area (Å²) in [6.07, 6.45) is 0. The Kier molecular flexibility index (Phi) is 3.95. The standard InChI is InChI=1S/C22H21NS/c1-16(15-24)23-22(17-9-3-2-4-10-17)20-13-7-5-11-18(20)19-12-6-8-14-21(19)22/h2-14,16,23-24H,15H2,1H3. The van der Waals surface area contributed by atoms with Crippen molar-refractivity contribution in [2.45, 2.75) is 18.5 Å². The van der Waals surface area contributed by atoms with Gasteiger partial charge >= 0.3 is 0 Å². The fourth-order valence-corrected chi connectivity index (χ4v) is 3.98. The van der Waals surface area contributed by atoms with Gasteiger partial charge in [0.2, 0.25) is 0 Å². The minimum absolute atomic E-state index is 0.285. The maximum atomic E-state index is 4.52. The number of fused-ring (bicyclic) bond motifs is 3. The number of hydrogen-bond acceptors (Lipinski definition) is 2. The average Bonchev–Trinajstić information content (AvgIpc) is 2.94. The molecule has 0 radical (unpaired) electrons. The third-order valence-corrected chi connectivity index (χ3v) is 5.44. The second kappa shape index (κ2) is 6.12. The van der Waals surface area contributed by atoms with Gasteiger partial charge in [-0.3, -0.25) is 5.32 Å². The van der Waals surface area contributed by atoms with Crippen molar-refractivity contribution in [1.82, 2.24) is 5.32 Å². The van der Waals surface area contributed by atoms with Crippen LogP contribution in [0, 0.1) is 0 Å². The predicted molar refractivity (Wildman–Crippen MR) is 105 cm³/mol. The molecule has 2 heteroatoms. The van der Waals surface area contributed by atoms with Gasteiger partial charge in [-0.25, -0.2) is 0 Å². The molecule has 1 nitrogen and oxygen atoms in total. The molecule has 1 atom stereocenters. The van der Waals surface area contributed by atoms with E-state index in [1.165, 1.54) is 27.8 Å². The van der Waals surface area contributed by atoms with Crippen LogP contribution < -0.4 is 5.32 Å². The van der Waals surface area contributed by atoms with Gasteiger partial charge in [-0.05, 0) is 34.7 Å². The normalized spacial score (nSPS) is 15.6. The molecule has 3 aromatic rings. The van der Waals surface area contributed by atoms with Crippen LogP contribution >= 0.6 is 12.6 Å². The highest BCUT2D eigenvalue weighted by molar-refractivity contribution is 7.80. The zero-order chi connectivity index (χ0) is 16.6. The van der Waals surface area contributed by atoms with Gasteiger partial charge < -0.3 is 0 Å². The summed E-state index contributed by atoms with van der Waals surface area (Å²) in [5.41, 5.74) is 6.23. The topological polar surface area (TPSA) is 12.0 Å². The Morgan fingerprint density at radius 2 is 1.29 bits per heavy atom. The van der Waals surface area contributed by atoms with Gasteiger partial charge in [0.15, 0.2) is 0 Å². The molecule has 120 valence electrons. The SMILES string of the molecule is CC(CS)NC1(c2ccccc2)c2ccccc2-c2ccccc21. The summed E-state index contributed by atoms with van der Waals surface area (Å²) in [5.74, 6) is 0.791. The van der Waals surface area contributed by atoms with Crippen LogP contribution in [0.15, 0.2) is 78.9 Å². The van der Waals surface area contributed by atoms with Crippen molar-refractivity contribution in [1.29, 1.82) is 0 Å². The largest absolute Gasteiger partial charge is 0.297 e. The maximum Gasteiger partial charge on any atom is 0.0962 e. The molecule has 0 amide bonds. The van der Waals surface area contributed by atoms with Crippen molar-refractivity contribution in [2.24, 2.45) is 0 Å². The van der Waals surface area contributed by atoms with Crippen molar-refractivity contribution in [3.63, 3.8) is 0 Å². The molecule has 1 aliphatic rings. The molecule has 4 rings (SSSR count). The van der Waals surface area contributed by atoms with Crippen molar-refractivity contribution in [3.05, 3.63) is 95.6 Å². The minimum Gasteiger partial charge on any atom is -0.297 e. The van der Waals surface area contributed by atoms with Crippen LogP contribution in [0.25, 0.3) is 11.1 Å². The van der Waals surface area contributed by atoms with Crippen LogP contribution in [0.5, 0.6) is 0 Å². The number of rotatable bonds is 4. The lowest BCUT2D eigenvalue weighted by molar-refractivity contribution is 0.436. The Balaban J connectivity index is 2.06. The molecule has 1 aliphatic carbocycles. The van der Waals surface area contributed by atoms with Crippen molar-refractivity contribution >= 4 is 12.6 Å². The Bertz CT molecular complexity index is 811. The number of nitrogens with one attached hydrogen (secondary N) is 1. The molecule has 24 heavy (non-hydrogen) atoms. The lowest BCUT2D eigenvalue weighted by atomic mass is 9.80. The highest BCUT2D eigenvalue weighted by Gasteiger charge is 2.44. The molecule has 0 saturated heterocycles. The third kappa shape index (κ3) is 2.21. The Labute approximate surface area is 149 Å². The van der Waals surface area contributed by atoms with E-state index >= 15 is 0 Å². The van der Waals surface area contributed by atoms with Gasteiger partial charge in [0.25, 0.3) is 0 Å². The third-order valence-electron chi connectivity index (χ3n) is 4.90. The van der Waals surface area contributed by atoms with E-state index in [0.29, 0.717) is 0 Å². The van der Waals surface area contributed by atoms with E-state index in [-0.39, 0.29) is 11.6 Å². The number of thiol groups is 1. The van der Waals surface area contributed by atoms with E-state index in [4.69, 9.17) is 0 Å². The molecule has 1 N–H and O–H groups in total. The van der Waals surface area contributed by atoms with Crippen molar-refractivity contribution in [2.75, 3.05) is 5.75 Å². The molecule has 0 aromatic heterocycles. The van der Waals surface area contributed by atoms with E-state index in [1.807, 2.05) is 0 Å². The highest BCUT2D eigenvalue weighted by Crippen LogP contribution is 2.50. The zero-order valence-electron chi connectivity index (χ0n) is 13.7. The molecule has 0 aliphatic heterocycles. The molecular weight excluding hydrogens is 310 g/mol. The van der Waals surface area contributed by atoms with Crippen LogP contribution in [0.1, 0.15) is 23.6 Å². The number of benzene rings is 3. The second-order valence-electron chi connectivity index (χ2n) is 6.44. The van der Waals surface area contributed by atoms with Gasteiger partial charge in [-0.15, -0.1) is 0 Å². The van der Waals surface area contributed by atoms with Crippen molar-refractivity contribution < 1.29 is 0 Å². The lowest BCUT2D eigenvalue weighted by Crippen LogP contribution is -2.48. The van der Waals surface area contributed by atoms with Gasteiger partial charge in [0, 0.05) is 11.8 Å². The summed E-state index contributed by atoms with van der Waals surface area (Å²) in [6, 6.07) is 28.5. The maximum absolute atomic E-state index is 4.52. The first-order valence-electron chi connectivity index (χ1n) is 8.41. The van der Waals surface area contributed by atoms with Gasteiger partial charge in [0.1, 0.15) is 0 Å². The smallest absolute Gasteiger partial charge is 0.0962 e. The predicted octanol–water partition coefficient (Wildman–Crippen LogP) is 4.87. The molecular formula is C22H21NS. The highest BCUT2D eigenvalue weighted by atomic mass is 32.1. The minimum atomic E-state index is -0.323. The first kappa shape index (κ1) is 15.5. The quantitative estimate of drug-likeness (QED) is 0.650. The van der Waals surface area contributed by atoms with Crippen LogP contribution in [0.3, 0.4) is 0 Å². The van der Waals surface area contributed by atoms with Crippen LogP contribution in [0.2, 0.25) is 0 Å². The summed E-state index contributed by atoms with van der Waals surface area (Å²) in [6.45, 7) is 2.20. The first-order chi connectivity index (χ1) is 11.8. The molecule has 3 aromatic carbocycles. The van der Waals surface area contributed by atoms with Gasteiger partial charge in [-0.2, -0.15) is 12.6 Å². The number of hydrogen-bond donors (Lipinski definition) is 2. The summed E-state index contributed by atoms with van der Waals surface area (Å²) in [4.78, 5) is 0. The fourth-order valence-electron chi connectivity index (χ4n) is 3.89. The van der Waals surface area contributed by atoms with E-state index < -0.39 is 0 Å². The average molecular weight is 331 g/mol. The summed E-state index contributed by atoms with van der Waals surface area (Å²) >= 11 is 4.52. The lowest BCUT2D eigenvalue weighted by Gasteiger charge is -2.36. The van der Waals surface area contributed by atoms with E-state index in [0.717, 1.165) is 5.75 Å². The Hall–Kier alpha value is -2.03. The van der Waals surface area contributed by atoms with Crippen LogP contribution in [0.4, 0.5) is 0 Å². The van der Waals surface area contributed by atoms with E-state index in [2.05, 4.69) is 104 Å². The van der Waals surface area contributed by atoms with Gasteiger partial charge in [-0.1, -0.05) is 78.9 Å². The van der Waals surface area contributed by atoms with Crippen molar-refractivity contribution in [3.8, 4) is 11.1 Å².